The molecule has 0 atom stereocenters. The summed E-state index contributed by atoms with van der Waals surface area (Å²) in [6, 6.07) is 5.67. The molecule has 0 spiro atoms. The molecule has 0 aliphatic carbocycles. The fourth-order valence-electron chi connectivity index (χ4n) is 1.57. The summed E-state index contributed by atoms with van der Waals surface area (Å²) in [4.78, 5) is 6.54. The quantitative estimate of drug-likeness (QED) is 0.787. The van der Waals surface area contributed by atoms with Gasteiger partial charge in [0, 0.05) is 25.7 Å². The first-order valence-electron chi connectivity index (χ1n) is 5.40. The molecule has 0 unspecified atom stereocenters. The van der Waals surface area contributed by atoms with Crippen molar-refractivity contribution >= 4 is 15.9 Å². The van der Waals surface area contributed by atoms with E-state index >= 15 is 0 Å². The van der Waals surface area contributed by atoms with Crippen molar-refractivity contribution in [3.8, 4) is 5.88 Å². The van der Waals surface area contributed by atoms with Crippen LogP contribution < -0.4 is 4.74 Å². The number of morpholine rings is 1. The van der Waals surface area contributed by atoms with Gasteiger partial charge in [0.2, 0.25) is 5.88 Å². The molecule has 0 saturated carbocycles. The van der Waals surface area contributed by atoms with Gasteiger partial charge < -0.3 is 9.47 Å². The first-order chi connectivity index (χ1) is 7.84. The van der Waals surface area contributed by atoms with Gasteiger partial charge in [-0.25, -0.2) is 4.98 Å². The van der Waals surface area contributed by atoms with Crippen molar-refractivity contribution in [1.82, 2.24) is 9.88 Å². The Kier molecular flexibility index (Phi) is 4.56. The summed E-state index contributed by atoms with van der Waals surface area (Å²) in [5.41, 5.74) is 0. The molecule has 1 aromatic heterocycles. The second kappa shape index (κ2) is 6.18. The van der Waals surface area contributed by atoms with E-state index in [-0.39, 0.29) is 0 Å². The molecule has 1 aromatic rings. The summed E-state index contributed by atoms with van der Waals surface area (Å²) in [7, 11) is 0. The van der Waals surface area contributed by atoms with E-state index in [9.17, 15) is 0 Å². The number of halogens is 1. The van der Waals surface area contributed by atoms with E-state index in [2.05, 4.69) is 25.8 Å². The third-order valence-corrected chi connectivity index (χ3v) is 2.89. The van der Waals surface area contributed by atoms with Crippen LogP contribution in [0.25, 0.3) is 0 Å². The molecule has 16 heavy (non-hydrogen) atoms. The highest BCUT2D eigenvalue weighted by Crippen LogP contribution is 2.11. The summed E-state index contributed by atoms with van der Waals surface area (Å²) >= 11 is 3.31. The van der Waals surface area contributed by atoms with E-state index in [0.717, 1.165) is 37.5 Å². The summed E-state index contributed by atoms with van der Waals surface area (Å²) in [6.45, 7) is 5.25. The maximum atomic E-state index is 5.57. The molecular formula is C11H15BrN2O2. The minimum atomic E-state index is 0.669. The summed E-state index contributed by atoms with van der Waals surface area (Å²) in [5, 5.41) is 0. The van der Waals surface area contributed by atoms with Crippen LogP contribution in [0.15, 0.2) is 22.8 Å². The number of pyridine rings is 1. The number of rotatable bonds is 4. The fraction of sp³-hybridized carbons (Fsp3) is 0.545. The second-order valence-electron chi connectivity index (χ2n) is 3.60. The highest BCUT2D eigenvalue weighted by Gasteiger charge is 2.09. The predicted molar refractivity (Wildman–Crippen MR) is 64.7 cm³/mol. The van der Waals surface area contributed by atoms with Crippen molar-refractivity contribution in [1.29, 1.82) is 0 Å². The van der Waals surface area contributed by atoms with E-state index in [1.807, 2.05) is 18.2 Å². The molecule has 1 aliphatic heterocycles. The highest BCUT2D eigenvalue weighted by atomic mass is 79.9. The average Bonchev–Trinajstić information content (AvgIpc) is 2.30. The molecule has 0 amide bonds. The highest BCUT2D eigenvalue weighted by molar-refractivity contribution is 9.10. The standard InChI is InChI=1S/C11H15BrN2O2/c12-10-2-1-3-11(13-10)16-9-6-14-4-7-15-8-5-14/h1-3H,4-9H2. The van der Waals surface area contributed by atoms with E-state index < -0.39 is 0 Å². The topological polar surface area (TPSA) is 34.6 Å². The van der Waals surface area contributed by atoms with Crippen molar-refractivity contribution in [2.45, 2.75) is 0 Å². The minimum absolute atomic E-state index is 0.669. The van der Waals surface area contributed by atoms with Gasteiger partial charge in [-0.3, -0.25) is 4.90 Å². The molecule has 1 saturated heterocycles. The Bertz CT molecular complexity index is 330. The van der Waals surface area contributed by atoms with Gasteiger partial charge in [-0.15, -0.1) is 0 Å². The number of aromatic nitrogens is 1. The molecule has 1 fully saturated rings. The fourth-order valence-corrected chi connectivity index (χ4v) is 1.90. The van der Waals surface area contributed by atoms with Crippen LogP contribution in [0, 0.1) is 0 Å². The van der Waals surface area contributed by atoms with E-state index in [1.54, 1.807) is 0 Å². The largest absolute Gasteiger partial charge is 0.476 e. The third kappa shape index (κ3) is 3.73. The van der Waals surface area contributed by atoms with Crippen molar-refractivity contribution < 1.29 is 9.47 Å². The van der Waals surface area contributed by atoms with Crippen LogP contribution in [-0.4, -0.2) is 49.3 Å². The Morgan fingerprint density at radius 1 is 1.38 bits per heavy atom. The molecule has 0 aromatic carbocycles. The summed E-state index contributed by atoms with van der Waals surface area (Å²) in [5.74, 6) is 0.669. The lowest BCUT2D eigenvalue weighted by atomic mass is 10.4. The first kappa shape index (κ1) is 11.8. The van der Waals surface area contributed by atoms with Crippen LogP contribution in [0.1, 0.15) is 0 Å². The molecule has 0 bridgehead atoms. The van der Waals surface area contributed by atoms with E-state index in [4.69, 9.17) is 9.47 Å². The number of nitrogens with zero attached hydrogens (tertiary/aromatic N) is 2. The van der Waals surface area contributed by atoms with Gasteiger partial charge in [0.25, 0.3) is 0 Å². The van der Waals surface area contributed by atoms with Crippen LogP contribution in [-0.2, 0) is 4.74 Å². The SMILES string of the molecule is Brc1cccc(OCCN2CCOCC2)n1. The lowest BCUT2D eigenvalue weighted by Gasteiger charge is -2.26. The van der Waals surface area contributed by atoms with Crippen molar-refractivity contribution in [3.05, 3.63) is 22.8 Å². The van der Waals surface area contributed by atoms with Crippen LogP contribution in [0.5, 0.6) is 5.88 Å². The van der Waals surface area contributed by atoms with E-state index in [0.29, 0.717) is 12.5 Å². The zero-order valence-electron chi connectivity index (χ0n) is 9.06. The molecule has 2 rings (SSSR count). The van der Waals surface area contributed by atoms with Gasteiger partial charge in [-0.2, -0.15) is 0 Å². The van der Waals surface area contributed by atoms with Crippen LogP contribution in [0.4, 0.5) is 0 Å². The zero-order valence-corrected chi connectivity index (χ0v) is 10.6. The monoisotopic (exact) mass is 286 g/mol. The molecule has 0 radical (unpaired) electrons. The van der Waals surface area contributed by atoms with Gasteiger partial charge in [0.1, 0.15) is 11.2 Å². The van der Waals surface area contributed by atoms with Crippen molar-refractivity contribution in [3.63, 3.8) is 0 Å². The lowest BCUT2D eigenvalue weighted by Crippen LogP contribution is -2.38. The molecule has 88 valence electrons. The molecular weight excluding hydrogens is 272 g/mol. The van der Waals surface area contributed by atoms with Gasteiger partial charge in [0.05, 0.1) is 13.2 Å². The van der Waals surface area contributed by atoms with Crippen molar-refractivity contribution in [2.75, 3.05) is 39.5 Å². The lowest BCUT2D eigenvalue weighted by molar-refractivity contribution is 0.0320. The third-order valence-electron chi connectivity index (χ3n) is 2.45. The molecule has 4 nitrogen and oxygen atoms in total. The first-order valence-corrected chi connectivity index (χ1v) is 6.19. The molecule has 0 N–H and O–H groups in total. The Hall–Kier alpha value is -0.650. The summed E-state index contributed by atoms with van der Waals surface area (Å²) < 4.78 is 11.6. The Morgan fingerprint density at radius 3 is 2.94 bits per heavy atom. The predicted octanol–water partition coefficient (Wildman–Crippen LogP) is 1.56. The zero-order chi connectivity index (χ0) is 11.2. The molecule has 1 aliphatic rings. The van der Waals surface area contributed by atoms with Crippen LogP contribution in [0.2, 0.25) is 0 Å². The van der Waals surface area contributed by atoms with Crippen LogP contribution >= 0.6 is 15.9 Å². The number of hydrogen-bond donors (Lipinski definition) is 0. The summed E-state index contributed by atoms with van der Waals surface area (Å²) in [6.07, 6.45) is 0. The number of hydrogen-bond acceptors (Lipinski definition) is 4. The Morgan fingerprint density at radius 2 is 2.19 bits per heavy atom. The normalized spacial score (nSPS) is 17.3. The Labute approximate surface area is 104 Å². The molecule has 2 heterocycles. The smallest absolute Gasteiger partial charge is 0.214 e. The maximum absolute atomic E-state index is 5.57. The second-order valence-corrected chi connectivity index (χ2v) is 4.41. The van der Waals surface area contributed by atoms with Crippen molar-refractivity contribution in [2.24, 2.45) is 0 Å². The number of ether oxygens (including phenoxy) is 2. The van der Waals surface area contributed by atoms with E-state index in [1.165, 1.54) is 0 Å². The average molecular weight is 287 g/mol. The van der Waals surface area contributed by atoms with Gasteiger partial charge in [0.15, 0.2) is 0 Å². The maximum Gasteiger partial charge on any atom is 0.214 e. The van der Waals surface area contributed by atoms with Gasteiger partial charge >= 0.3 is 0 Å². The van der Waals surface area contributed by atoms with Crippen LogP contribution in [0.3, 0.4) is 0 Å². The minimum Gasteiger partial charge on any atom is -0.476 e. The van der Waals surface area contributed by atoms with Gasteiger partial charge in [-0.1, -0.05) is 6.07 Å². The Balaban J connectivity index is 1.71. The molecule has 5 heteroatoms. The van der Waals surface area contributed by atoms with Gasteiger partial charge in [-0.05, 0) is 22.0 Å².